The van der Waals surface area contributed by atoms with Gasteiger partial charge in [-0.2, -0.15) is 10.2 Å². The molecule has 0 radical (unpaired) electrons. The van der Waals surface area contributed by atoms with Crippen molar-refractivity contribution >= 4 is 38.8 Å². The lowest BCUT2D eigenvalue weighted by Crippen LogP contribution is -2.18. The van der Waals surface area contributed by atoms with Crippen LogP contribution >= 0.6 is 15.9 Å². The predicted molar refractivity (Wildman–Crippen MR) is 89.9 cm³/mol. The van der Waals surface area contributed by atoms with Crippen LogP contribution in [0.4, 0.5) is 0 Å². The van der Waals surface area contributed by atoms with Crippen molar-refractivity contribution in [2.24, 2.45) is 12.1 Å². The van der Waals surface area contributed by atoms with E-state index in [-0.39, 0.29) is 5.91 Å². The molecule has 0 bridgehead atoms. The number of aromatic nitrogens is 2. The Kier molecular flexibility index (Phi) is 4.02. The minimum absolute atomic E-state index is 0.304. The number of aryl methyl sites for hydroxylation is 1. The van der Waals surface area contributed by atoms with Gasteiger partial charge in [-0.25, -0.2) is 5.43 Å². The number of hydrogen-bond acceptors (Lipinski definition) is 3. The molecule has 5 nitrogen and oxygen atoms in total. The molecule has 0 atom stereocenters. The maximum absolute atomic E-state index is 12.0. The molecule has 1 aromatic heterocycles. The van der Waals surface area contributed by atoms with E-state index >= 15 is 0 Å². The van der Waals surface area contributed by atoms with Gasteiger partial charge in [0, 0.05) is 13.2 Å². The molecule has 0 aliphatic heterocycles. The summed E-state index contributed by atoms with van der Waals surface area (Å²) in [6, 6.07) is 14.1. The highest BCUT2D eigenvalue weighted by molar-refractivity contribution is 9.10. The number of hydrogen-bond donors (Lipinski definition) is 1. The summed E-state index contributed by atoms with van der Waals surface area (Å²) in [4.78, 5) is 12.0. The highest BCUT2D eigenvalue weighted by Crippen LogP contribution is 2.15. The average Bonchev–Trinajstić information content (AvgIpc) is 2.86. The standard InChI is InChI=1S/C16H13BrN4O/c1-21-10-14(17)15(20-21)16(22)19-18-9-11-6-7-12-4-2-3-5-13(12)8-11/h2-10H,1H3,(H,19,22). The number of nitrogens with zero attached hydrogens (tertiary/aromatic N) is 3. The third-order valence-electron chi connectivity index (χ3n) is 3.15. The average molecular weight is 357 g/mol. The summed E-state index contributed by atoms with van der Waals surface area (Å²) in [5.41, 5.74) is 3.69. The van der Waals surface area contributed by atoms with Crippen LogP contribution in [0.1, 0.15) is 16.1 Å². The maximum atomic E-state index is 12.0. The van der Waals surface area contributed by atoms with Crippen LogP contribution in [0.5, 0.6) is 0 Å². The molecule has 0 fully saturated rings. The van der Waals surface area contributed by atoms with E-state index in [2.05, 4.69) is 37.6 Å². The topological polar surface area (TPSA) is 59.3 Å². The molecule has 1 amide bonds. The fourth-order valence-electron chi connectivity index (χ4n) is 2.12. The van der Waals surface area contributed by atoms with Crippen molar-refractivity contribution in [2.45, 2.75) is 0 Å². The van der Waals surface area contributed by atoms with E-state index in [1.54, 1.807) is 24.1 Å². The van der Waals surface area contributed by atoms with Crippen molar-refractivity contribution in [1.82, 2.24) is 15.2 Å². The lowest BCUT2D eigenvalue weighted by molar-refractivity contribution is 0.0948. The van der Waals surface area contributed by atoms with Crippen LogP contribution in [0.15, 0.2) is 58.2 Å². The Bertz CT molecular complexity index is 869. The normalized spacial score (nSPS) is 11.2. The first-order valence-electron chi connectivity index (χ1n) is 6.65. The van der Waals surface area contributed by atoms with Gasteiger partial charge < -0.3 is 0 Å². The summed E-state index contributed by atoms with van der Waals surface area (Å²) in [7, 11) is 1.75. The molecule has 0 aliphatic carbocycles. The van der Waals surface area contributed by atoms with Crippen molar-refractivity contribution in [3.05, 3.63) is 64.4 Å². The van der Waals surface area contributed by atoms with Gasteiger partial charge in [0.15, 0.2) is 5.69 Å². The highest BCUT2D eigenvalue weighted by Gasteiger charge is 2.13. The van der Waals surface area contributed by atoms with Crippen LogP contribution in [0.2, 0.25) is 0 Å². The smallest absolute Gasteiger partial charge is 0.274 e. The SMILES string of the molecule is Cn1cc(Br)c(C(=O)NN=Cc2ccc3ccccc3c2)n1. The fraction of sp³-hybridized carbons (Fsp3) is 0.0625. The van der Waals surface area contributed by atoms with Gasteiger partial charge in [-0.05, 0) is 38.3 Å². The molecule has 0 aliphatic rings. The Morgan fingerprint density at radius 1 is 1.27 bits per heavy atom. The second-order valence-electron chi connectivity index (χ2n) is 4.81. The minimum atomic E-state index is -0.357. The van der Waals surface area contributed by atoms with Gasteiger partial charge in [0.25, 0.3) is 5.91 Å². The van der Waals surface area contributed by atoms with E-state index in [1.807, 2.05) is 36.4 Å². The Morgan fingerprint density at radius 2 is 2.05 bits per heavy atom. The van der Waals surface area contributed by atoms with E-state index in [0.717, 1.165) is 10.9 Å². The Balaban J connectivity index is 1.73. The van der Waals surface area contributed by atoms with Gasteiger partial charge in [0.05, 0.1) is 10.7 Å². The molecule has 2 aromatic carbocycles. The molecule has 110 valence electrons. The molecule has 3 aromatic rings. The highest BCUT2D eigenvalue weighted by atomic mass is 79.9. The van der Waals surface area contributed by atoms with Crippen molar-refractivity contribution in [3.63, 3.8) is 0 Å². The summed E-state index contributed by atoms with van der Waals surface area (Å²) < 4.78 is 2.19. The summed E-state index contributed by atoms with van der Waals surface area (Å²) in [5, 5.41) is 10.3. The number of hydrazone groups is 1. The fourth-order valence-corrected chi connectivity index (χ4v) is 2.68. The molecule has 22 heavy (non-hydrogen) atoms. The molecule has 0 spiro atoms. The second-order valence-corrected chi connectivity index (χ2v) is 5.66. The van der Waals surface area contributed by atoms with Crippen molar-refractivity contribution < 1.29 is 4.79 Å². The quantitative estimate of drug-likeness (QED) is 0.579. The van der Waals surface area contributed by atoms with E-state index in [9.17, 15) is 4.79 Å². The van der Waals surface area contributed by atoms with Crippen LogP contribution in [0.3, 0.4) is 0 Å². The van der Waals surface area contributed by atoms with Crippen molar-refractivity contribution in [2.75, 3.05) is 0 Å². The number of nitrogens with one attached hydrogen (secondary N) is 1. The van der Waals surface area contributed by atoms with E-state index in [4.69, 9.17) is 0 Å². The molecule has 3 rings (SSSR count). The zero-order valence-corrected chi connectivity index (χ0v) is 13.4. The molecular weight excluding hydrogens is 344 g/mol. The molecule has 0 saturated heterocycles. The Labute approximate surface area is 135 Å². The number of carbonyl (C=O) groups is 1. The first-order chi connectivity index (χ1) is 10.6. The first kappa shape index (κ1) is 14.5. The summed E-state index contributed by atoms with van der Waals surface area (Å²) in [6.07, 6.45) is 3.32. The van der Waals surface area contributed by atoms with E-state index in [0.29, 0.717) is 10.2 Å². The second kappa shape index (κ2) is 6.11. The first-order valence-corrected chi connectivity index (χ1v) is 7.44. The zero-order chi connectivity index (χ0) is 15.5. The summed E-state index contributed by atoms with van der Waals surface area (Å²) in [5.74, 6) is -0.357. The number of benzene rings is 2. The maximum Gasteiger partial charge on any atom is 0.293 e. The molecule has 1 N–H and O–H groups in total. The van der Waals surface area contributed by atoms with Gasteiger partial charge in [-0.3, -0.25) is 9.48 Å². The lowest BCUT2D eigenvalue weighted by Gasteiger charge is -1.99. The van der Waals surface area contributed by atoms with Gasteiger partial charge in [0.1, 0.15) is 0 Å². The molecule has 6 heteroatoms. The zero-order valence-electron chi connectivity index (χ0n) is 11.8. The van der Waals surface area contributed by atoms with E-state index in [1.165, 1.54) is 5.39 Å². The monoisotopic (exact) mass is 356 g/mol. The van der Waals surface area contributed by atoms with Crippen LogP contribution in [-0.4, -0.2) is 21.9 Å². The molecular formula is C16H13BrN4O. The van der Waals surface area contributed by atoms with Crippen LogP contribution < -0.4 is 5.43 Å². The molecule has 1 heterocycles. The van der Waals surface area contributed by atoms with Gasteiger partial charge in [-0.15, -0.1) is 0 Å². The number of fused-ring (bicyclic) bond motifs is 1. The van der Waals surface area contributed by atoms with Gasteiger partial charge >= 0.3 is 0 Å². The largest absolute Gasteiger partial charge is 0.293 e. The summed E-state index contributed by atoms with van der Waals surface area (Å²) >= 11 is 3.29. The third kappa shape index (κ3) is 3.07. The number of carbonyl (C=O) groups excluding carboxylic acids is 1. The van der Waals surface area contributed by atoms with Gasteiger partial charge in [0.2, 0.25) is 0 Å². The number of rotatable bonds is 3. The minimum Gasteiger partial charge on any atom is -0.274 e. The number of halogens is 1. The molecule has 0 unspecified atom stereocenters. The molecule has 0 saturated carbocycles. The Hall–Kier alpha value is -2.47. The van der Waals surface area contributed by atoms with Gasteiger partial charge in [-0.1, -0.05) is 36.4 Å². The van der Waals surface area contributed by atoms with Crippen LogP contribution in [0, 0.1) is 0 Å². The predicted octanol–water partition coefficient (Wildman–Crippen LogP) is 3.10. The third-order valence-corrected chi connectivity index (χ3v) is 3.73. The Morgan fingerprint density at radius 3 is 2.77 bits per heavy atom. The van der Waals surface area contributed by atoms with Crippen LogP contribution in [0.25, 0.3) is 10.8 Å². The number of amides is 1. The lowest BCUT2D eigenvalue weighted by atomic mass is 10.1. The van der Waals surface area contributed by atoms with Crippen LogP contribution in [-0.2, 0) is 7.05 Å². The summed E-state index contributed by atoms with van der Waals surface area (Å²) in [6.45, 7) is 0. The van der Waals surface area contributed by atoms with E-state index < -0.39 is 0 Å². The van der Waals surface area contributed by atoms with Crippen molar-refractivity contribution in [3.8, 4) is 0 Å². The van der Waals surface area contributed by atoms with Crippen molar-refractivity contribution in [1.29, 1.82) is 0 Å².